The van der Waals surface area contributed by atoms with Gasteiger partial charge in [0.15, 0.2) is 0 Å². The van der Waals surface area contributed by atoms with Gasteiger partial charge in [0.05, 0.1) is 11.5 Å². The molecule has 1 aromatic rings. The summed E-state index contributed by atoms with van der Waals surface area (Å²) in [6.45, 7) is 5.03. The van der Waals surface area contributed by atoms with Crippen LogP contribution in [0.4, 0.5) is 0 Å². The predicted octanol–water partition coefficient (Wildman–Crippen LogP) is 1.03. The number of sulfone groups is 1. The van der Waals surface area contributed by atoms with Gasteiger partial charge in [0.1, 0.15) is 17.8 Å². The second-order valence-electron chi connectivity index (χ2n) is 5.87. The molecule has 2 aliphatic rings. The van der Waals surface area contributed by atoms with E-state index in [2.05, 4.69) is 0 Å². The van der Waals surface area contributed by atoms with Crippen LogP contribution in [0, 0.1) is 6.92 Å². The van der Waals surface area contributed by atoms with Crippen LogP contribution in [0.3, 0.4) is 0 Å². The third-order valence-corrected chi connectivity index (χ3v) is 6.66. The largest absolute Gasteiger partial charge is 0.394 e. The number of aliphatic hydroxyl groups excluding tert-OH is 1. The molecule has 0 bridgehead atoms. The Morgan fingerprint density at radius 1 is 1.20 bits per heavy atom. The average molecular weight is 298 g/mol. The number of epoxide rings is 1. The van der Waals surface area contributed by atoms with Gasteiger partial charge >= 0.3 is 0 Å². The molecule has 0 aromatic heterocycles. The van der Waals surface area contributed by atoms with Gasteiger partial charge in [-0.05, 0) is 32.9 Å². The van der Waals surface area contributed by atoms with Crippen LogP contribution < -0.4 is 0 Å². The third-order valence-electron chi connectivity index (χ3n) is 4.15. The van der Waals surface area contributed by atoms with E-state index in [4.69, 9.17) is 9.47 Å². The second-order valence-corrected chi connectivity index (χ2v) is 7.96. The highest BCUT2D eigenvalue weighted by atomic mass is 32.2. The molecule has 0 radical (unpaired) electrons. The summed E-state index contributed by atoms with van der Waals surface area (Å²) in [4.78, 5) is -1.16. The molecule has 1 aromatic carbocycles. The fourth-order valence-electron chi connectivity index (χ4n) is 3.05. The Morgan fingerprint density at radius 2 is 1.80 bits per heavy atom. The summed E-state index contributed by atoms with van der Waals surface area (Å²) in [6, 6.07) is 6.68. The zero-order valence-electron chi connectivity index (χ0n) is 11.7. The first-order valence-electron chi connectivity index (χ1n) is 6.54. The molecule has 20 heavy (non-hydrogen) atoms. The highest BCUT2D eigenvalue weighted by Gasteiger charge is 2.81. The van der Waals surface area contributed by atoms with E-state index in [1.807, 2.05) is 6.92 Å². The van der Waals surface area contributed by atoms with Crippen molar-refractivity contribution < 1.29 is 23.0 Å². The minimum Gasteiger partial charge on any atom is -0.394 e. The summed E-state index contributed by atoms with van der Waals surface area (Å²) >= 11 is 0. The monoisotopic (exact) mass is 298 g/mol. The van der Waals surface area contributed by atoms with Crippen molar-refractivity contribution in [2.24, 2.45) is 0 Å². The van der Waals surface area contributed by atoms with E-state index in [0.29, 0.717) is 0 Å². The van der Waals surface area contributed by atoms with Gasteiger partial charge in [0.2, 0.25) is 14.8 Å². The van der Waals surface area contributed by atoms with Crippen LogP contribution in [0.15, 0.2) is 29.2 Å². The average Bonchev–Trinajstić information content (AvgIpc) is 3.10. The maximum atomic E-state index is 12.9. The van der Waals surface area contributed by atoms with Crippen LogP contribution in [-0.4, -0.2) is 42.9 Å². The van der Waals surface area contributed by atoms with Crippen molar-refractivity contribution in [3.8, 4) is 0 Å². The van der Waals surface area contributed by atoms with Crippen molar-refractivity contribution in [1.29, 1.82) is 0 Å². The Morgan fingerprint density at radius 3 is 2.25 bits per heavy atom. The lowest BCUT2D eigenvalue weighted by molar-refractivity contribution is -0.105. The molecule has 0 unspecified atom stereocenters. The van der Waals surface area contributed by atoms with E-state index in [-0.39, 0.29) is 11.5 Å². The zero-order chi connectivity index (χ0) is 14.8. The normalized spacial score (nSPS) is 34.8. The SMILES string of the molecule is Cc1ccc(S(=O)(=O)[C@@]23O[C@@H]2[C@@H](CO)OC3(C)C)cc1. The summed E-state index contributed by atoms with van der Waals surface area (Å²) < 4.78 is 37.0. The molecular formula is C14H18O5S. The maximum Gasteiger partial charge on any atom is 0.231 e. The maximum absolute atomic E-state index is 12.9. The van der Waals surface area contributed by atoms with Crippen LogP contribution in [0.5, 0.6) is 0 Å². The number of rotatable bonds is 3. The van der Waals surface area contributed by atoms with E-state index in [0.717, 1.165) is 5.56 Å². The van der Waals surface area contributed by atoms with Crippen molar-refractivity contribution in [3.05, 3.63) is 29.8 Å². The number of hydrogen-bond acceptors (Lipinski definition) is 5. The predicted molar refractivity (Wildman–Crippen MR) is 72.0 cm³/mol. The lowest BCUT2D eigenvalue weighted by Gasteiger charge is -2.28. The summed E-state index contributed by atoms with van der Waals surface area (Å²) in [6.07, 6.45) is -1.20. The molecule has 0 aliphatic carbocycles. The Balaban J connectivity index is 2.07. The van der Waals surface area contributed by atoms with Crippen molar-refractivity contribution in [1.82, 2.24) is 0 Å². The Labute approximate surface area is 118 Å². The van der Waals surface area contributed by atoms with E-state index >= 15 is 0 Å². The van der Waals surface area contributed by atoms with Crippen molar-refractivity contribution in [3.63, 3.8) is 0 Å². The molecule has 0 spiro atoms. The third kappa shape index (κ3) is 1.56. The quantitative estimate of drug-likeness (QED) is 0.844. The molecule has 2 fully saturated rings. The standard InChI is InChI=1S/C14H18O5S/c1-9-4-6-10(7-5-9)20(16,17)14-12(19-14)11(8-15)18-13(14,2)3/h4-7,11-12,15H,8H2,1-3H3/t11-,12-,14+/m1/s1. The molecule has 3 atom stereocenters. The van der Waals surface area contributed by atoms with Crippen LogP contribution in [0.25, 0.3) is 0 Å². The molecule has 6 heteroatoms. The van der Waals surface area contributed by atoms with Crippen molar-refractivity contribution >= 4 is 9.84 Å². The lowest BCUT2D eigenvalue weighted by Crippen LogP contribution is -2.45. The van der Waals surface area contributed by atoms with E-state index in [9.17, 15) is 13.5 Å². The number of benzene rings is 1. The fraction of sp³-hybridized carbons (Fsp3) is 0.571. The highest BCUT2D eigenvalue weighted by Crippen LogP contribution is 2.60. The first-order chi connectivity index (χ1) is 9.26. The molecule has 3 rings (SSSR count). The lowest BCUT2D eigenvalue weighted by atomic mass is 10.0. The number of fused-ring (bicyclic) bond motifs is 1. The zero-order valence-corrected chi connectivity index (χ0v) is 12.5. The topological polar surface area (TPSA) is 76.1 Å². The smallest absolute Gasteiger partial charge is 0.231 e. The molecule has 0 amide bonds. The van der Waals surface area contributed by atoms with E-state index < -0.39 is 32.6 Å². The van der Waals surface area contributed by atoms with Crippen LogP contribution in [0.1, 0.15) is 19.4 Å². The molecule has 2 heterocycles. The van der Waals surface area contributed by atoms with E-state index in [1.165, 1.54) is 0 Å². The molecule has 1 N–H and O–H groups in total. The highest BCUT2D eigenvalue weighted by molar-refractivity contribution is 7.93. The summed E-state index contributed by atoms with van der Waals surface area (Å²) in [5.41, 5.74) is -0.000655. The Bertz CT molecular complexity index is 634. The van der Waals surface area contributed by atoms with Gasteiger partial charge in [-0.3, -0.25) is 0 Å². The van der Waals surface area contributed by atoms with Gasteiger partial charge in [-0.15, -0.1) is 0 Å². The number of aliphatic hydroxyl groups is 1. The Kier molecular flexibility index (Phi) is 2.83. The summed E-state index contributed by atoms with van der Waals surface area (Å²) in [7, 11) is -3.69. The number of aryl methyl sites for hydroxylation is 1. The van der Waals surface area contributed by atoms with Gasteiger partial charge in [-0.1, -0.05) is 17.7 Å². The van der Waals surface area contributed by atoms with E-state index in [1.54, 1.807) is 38.1 Å². The van der Waals surface area contributed by atoms with Gasteiger partial charge < -0.3 is 14.6 Å². The molecule has 2 aliphatic heterocycles. The van der Waals surface area contributed by atoms with Crippen molar-refractivity contribution in [2.45, 2.75) is 48.4 Å². The second kappa shape index (κ2) is 4.04. The number of ether oxygens (including phenoxy) is 2. The van der Waals surface area contributed by atoms with Crippen LogP contribution in [0.2, 0.25) is 0 Å². The number of hydrogen-bond donors (Lipinski definition) is 1. The van der Waals surface area contributed by atoms with Crippen LogP contribution in [-0.2, 0) is 19.3 Å². The fourth-order valence-corrected chi connectivity index (χ4v) is 5.28. The van der Waals surface area contributed by atoms with Crippen molar-refractivity contribution in [2.75, 3.05) is 6.61 Å². The summed E-state index contributed by atoms with van der Waals surface area (Å²) in [5, 5.41) is 9.28. The minimum absolute atomic E-state index is 0.223. The van der Waals surface area contributed by atoms with Gasteiger partial charge in [-0.2, -0.15) is 0 Å². The molecule has 0 saturated carbocycles. The summed E-state index contributed by atoms with van der Waals surface area (Å²) in [5.74, 6) is 0. The first-order valence-corrected chi connectivity index (χ1v) is 8.02. The molecular weight excluding hydrogens is 280 g/mol. The van der Waals surface area contributed by atoms with Crippen LogP contribution >= 0.6 is 0 Å². The minimum atomic E-state index is -3.69. The molecule has 110 valence electrons. The van der Waals surface area contributed by atoms with Gasteiger partial charge in [0, 0.05) is 0 Å². The van der Waals surface area contributed by atoms with Gasteiger partial charge in [0.25, 0.3) is 0 Å². The molecule has 2 saturated heterocycles. The van der Waals surface area contributed by atoms with Gasteiger partial charge in [-0.25, -0.2) is 8.42 Å². The first kappa shape index (κ1) is 14.0. The Hall–Kier alpha value is -0.950. The molecule has 5 nitrogen and oxygen atoms in total.